The van der Waals surface area contributed by atoms with Crippen molar-refractivity contribution in [1.82, 2.24) is 0 Å². The van der Waals surface area contributed by atoms with Gasteiger partial charge in [0.05, 0.1) is 18.6 Å². The Morgan fingerprint density at radius 3 is 3.07 bits per heavy atom. The van der Waals surface area contributed by atoms with E-state index in [9.17, 15) is 5.11 Å². The molecule has 1 aromatic heterocycles. The van der Waals surface area contributed by atoms with E-state index in [0.29, 0.717) is 5.92 Å². The van der Waals surface area contributed by atoms with E-state index in [-0.39, 0.29) is 6.10 Å². The molecule has 1 aliphatic carbocycles. The van der Waals surface area contributed by atoms with Crippen LogP contribution in [0.25, 0.3) is 0 Å². The average Bonchev–Trinajstić information content (AvgIpc) is 2.81. The highest BCUT2D eigenvalue weighted by Crippen LogP contribution is 2.38. The van der Waals surface area contributed by atoms with Crippen LogP contribution in [0.1, 0.15) is 50.7 Å². The van der Waals surface area contributed by atoms with Gasteiger partial charge in [-0.3, -0.25) is 0 Å². The highest BCUT2D eigenvalue weighted by atomic mass is 16.3. The van der Waals surface area contributed by atoms with Crippen molar-refractivity contribution in [2.45, 2.75) is 45.1 Å². The Balaban J connectivity index is 1.98. The van der Waals surface area contributed by atoms with Crippen LogP contribution in [0.4, 0.5) is 0 Å². The smallest absolute Gasteiger partial charge is 0.0960 e. The van der Waals surface area contributed by atoms with Crippen molar-refractivity contribution in [2.24, 2.45) is 11.8 Å². The summed E-state index contributed by atoms with van der Waals surface area (Å²) in [6, 6.07) is 1.88. The first kappa shape index (κ1) is 10.7. The Morgan fingerprint density at radius 2 is 2.40 bits per heavy atom. The number of furan rings is 1. The summed E-state index contributed by atoms with van der Waals surface area (Å²) < 4.78 is 5.02. The van der Waals surface area contributed by atoms with E-state index in [4.69, 9.17) is 4.42 Å². The third kappa shape index (κ3) is 2.43. The molecular formula is C13H20O2. The van der Waals surface area contributed by atoms with E-state index in [1.807, 2.05) is 6.07 Å². The van der Waals surface area contributed by atoms with E-state index in [0.717, 1.165) is 17.9 Å². The molecule has 0 aromatic carbocycles. The van der Waals surface area contributed by atoms with Gasteiger partial charge in [0.2, 0.25) is 0 Å². The van der Waals surface area contributed by atoms with Crippen molar-refractivity contribution < 1.29 is 9.52 Å². The first-order valence-electron chi connectivity index (χ1n) is 6.01. The summed E-state index contributed by atoms with van der Waals surface area (Å²) in [4.78, 5) is 0. The monoisotopic (exact) mass is 208 g/mol. The van der Waals surface area contributed by atoms with Crippen LogP contribution in [0, 0.1) is 11.8 Å². The van der Waals surface area contributed by atoms with E-state index >= 15 is 0 Å². The maximum Gasteiger partial charge on any atom is 0.0960 e. The molecule has 0 amide bonds. The van der Waals surface area contributed by atoms with Gasteiger partial charge in [0, 0.05) is 5.56 Å². The first-order chi connectivity index (χ1) is 7.31. The SMILES string of the molecule is CCC1CCCC(C(O)c2ccoc2)C1. The summed E-state index contributed by atoms with van der Waals surface area (Å²) in [7, 11) is 0. The molecule has 0 aliphatic heterocycles. The second-order valence-electron chi connectivity index (χ2n) is 4.70. The standard InChI is InChI=1S/C13H20O2/c1-2-10-4-3-5-11(8-10)13(14)12-6-7-15-9-12/h6-7,9-11,13-14H,2-5,8H2,1H3. The van der Waals surface area contributed by atoms with Gasteiger partial charge in [0.25, 0.3) is 0 Å². The molecule has 0 saturated heterocycles. The minimum atomic E-state index is -0.321. The van der Waals surface area contributed by atoms with E-state index < -0.39 is 0 Å². The molecule has 1 N–H and O–H groups in total. The predicted octanol–water partition coefficient (Wildman–Crippen LogP) is 3.53. The minimum absolute atomic E-state index is 0.321. The summed E-state index contributed by atoms with van der Waals surface area (Å²) in [6.07, 6.45) is 9.15. The van der Waals surface area contributed by atoms with Crippen molar-refractivity contribution in [3.63, 3.8) is 0 Å². The van der Waals surface area contributed by atoms with Crippen molar-refractivity contribution in [3.05, 3.63) is 24.2 Å². The lowest BCUT2D eigenvalue weighted by Crippen LogP contribution is -2.20. The van der Waals surface area contributed by atoms with Gasteiger partial charge in [-0.25, -0.2) is 0 Å². The van der Waals surface area contributed by atoms with Crippen LogP contribution in [0.15, 0.2) is 23.0 Å². The summed E-state index contributed by atoms with van der Waals surface area (Å²) >= 11 is 0. The molecule has 1 aromatic rings. The molecule has 3 atom stereocenters. The lowest BCUT2D eigenvalue weighted by atomic mass is 9.76. The van der Waals surface area contributed by atoms with E-state index in [2.05, 4.69) is 6.92 Å². The zero-order valence-electron chi connectivity index (χ0n) is 9.36. The Morgan fingerprint density at radius 1 is 1.53 bits per heavy atom. The van der Waals surface area contributed by atoms with Crippen molar-refractivity contribution in [3.8, 4) is 0 Å². The topological polar surface area (TPSA) is 33.4 Å². The number of rotatable bonds is 3. The fraction of sp³-hybridized carbons (Fsp3) is 0.692. The second kappa shape index (κ2) is 4.84. The van der Waals surface area contributed by atoms with E-state index in [1.54, 1.807) is 12.5 Å². The molecule has 0 bridgehead atoms. The van der Waals surface area contributed by atoms with Crippen LogP contribution >= 0.6 is 0 Å². The molecular weight excluding hydrogens is 188 g/mol. The number of hydrogen-bond acceptors (Lipinski definition) is 2. The van der Waals surface area contributed by atoms with Gasteiger partial charge >= 0.3 is 0 Å². The summed E-state index contributed by atoms with van der Waals surface area (Å²) in [5.41, 5.74) is 0.941. The van der Waals surface area contributed by atoms with Crippen LogP contribution in [-0.4, -0.2) is 5.11 Å². The summed E-state index contributed by atoms with van der Waals surface area (Å²) in [5.74, 6) is 1.24. The Bertz CT molecular complexity index is 279. The Kier molecular flexibility index (Phi) is 3.47. The molecule has 3 unspecified atom stereocenters. The third-order valence-electron chi connectivity index (χ3n) is 3.73. The van der Waals surface area contributed by atoms with Crippen LogP contribution in [-0.2, 0) is 0 Å². The average molecular weight is 208 g/mol. The fourth-order valence-electron chi connectivity index (χ4n) is 2.71. The van der Waals surface area contributed by atoms with Gasteiger partial charge in [0.1, 0.15) is 0 Å². The quantitative estimate of drug-likeness (QED) is 0.824. The van der Waals surface area contributed by atoms with Crippen molar-refractivity contribution in [2.75, 3.05) is 0 Å². The highest BCUT2D eigenvalue weighted by Gasteiger charge is 2.27. The molecule has 1 saturated carbocycles. The predicted molar refractivity (Wildman–Crippen MR) is 59.4 cm³/mol. The Labute approximate surface area is 91.3 Å². The molecule has 1 heterocycles. The lowest BCUT2D eigenvalue weighted by molar-refractivity contribution is 0.0673. The number of aliphatic hydroxyl groups excluding tert-OH is 1. The fourth-order valence-corrected chi connectivity index (χ4v) is 2.71. The van der Waals surface area contributed by atoms with Crippen molar-refractivity contribution >= 4 is 0 Å². The van der Waals surface area contributed by atoms with Gasteiger partial charge in [-0.2, -0.15) is 0 Å². The third-order valence-corrected chi connectivity index (χ3v) is 3.73. The summed E-state index contributed by atoms with van der Waals surface area (Å²) in [6.45, 7) is 2.25. The van der Waals surface area contributed by atoms with Gasteiger partial charge in [-0.05, 0) is 30.7 Å². The second-order valence-corrected chi connectivity index (χ2v) is 4.70. The summed E-state index contributed by atoms with van der Waals surface area (Å²) in [5, 5.41) is 10.2. The molecule has 84 valence electrons. The molecule has 1 aliphatic rings. The van der Waals surface area contributed by atoms with Crippen LogP contribution in [0.3, 0.4) is 0 Å². The zero-order chi connectivity index (χ0) is 10.7. The van der Waals surface area contributed by atoms with Gasteiger partial charge < -0.3 is 9.52 Å². The Hall–Kier alpha value is -0.760. The zero-order valence-corrected chi connectivity index (χ0v) is 9.36. The largest absolute Gasteiger partial charge is 0.472 e. The maximum atomic E-state index is 10.2. The molecule has 1 fully saturated rings. The molecule has 2 nitrogen and oxygen atoms in total. The minimum Gasteiger partial charge on any atom is -0.472 e. The molecule has 0 radical (unpaired) electrons. The van der Waals surface area contributed by atoms with E-state index in [1.165, 1.54) is 25.7 Å². The first-order valence-corrected chi connectivity index (χ1v) is 6.01. The molecule has 15 heavy (non-hydrogen) atoms. The lowest BCUT2D eigenvalue weighted by Gasteiger charge is -2.31. The molecule has 2 heteroatoms. The molecule has 0 spiro atoms. The molecule has 2 rings (SSSR count). The van der Waals surface area contributed by atoms with Gasteiger partial charge in [-0.15, -0.1) is 0 Å². The number of hydrogen-bond donors (Lipinski definition) is 1. The van der Waals surface area contributed by atoms with Crippen LogP contribution in [0.5, 0.6) is 0 Å². The van der Waals surface area contributed by atoms with Gasteiger partial charge in [-0.1, -0.05) is 26.2 Å². The maximum absolute atomic E-state index is 10.2. The van der Waals surface area contributed by atoms with Crippen molar-refractivity contribution in [1.29, 1.82) is 0 Å². The van der Waals surface area contributed by atoms with Crippen LogP contribution in [0.2, 0.25) is 0 Å². The van der Waals surface area contributed by atoms with Gasteiger partial charge in [0.15, 0.2) is 0 Å². The van der Waals surface area contributed by atoms with Crippen LogP contribution < -0.4 is 0 Å². The highest BCUT2D eigenvalue weighted by molar-refractivity contribution is 5.10. The number of aliphatic hydroxyl groups is 1. The normalized spacial score (nSPS) is 28.9.